The quantitative estimate of drug-likeness (QED) is 0.103. The number of aliphatic carboxylic acids is 1. The van der Waals surface area contributed by atoms with Crippen LogP contribution in [0, 0.1) is 13.8 Å². The van der Waals surface area contributed by atoms with E-state index in [1.54, 1.807) is 6.92 Å². The summed E-state index contributed by atoms with van der Waals surface area (Å²) < 4.78 is 4.99. The number of aromatic nitrogens is 4. The molecule has 2 atom stereocenters. The van der Waals surface area contributed by atoms with Crippen molar-refractivity contribution >= 4 is 57.1 Å². The Kier molecular flexibility index (Phi) is 11.6. The molecule has 1 amide bonds. The number of hydrogen-bond acceptors (Lipinski definition) is 6. The van der Waals surface area contributed by atoms with Crippen LogP contribution in [-0.2, 0) is 20.7 Å². The van der Waals surface area contributed by atoms with Gasteiger partial charge in [0, 0.05) is 58.1 Å². The van der Waals surface area contributed by atoms with Gasteiger partial charge in [0.25, 0.3) is 5.91 Å². The lowest BCUT2D eigenvalue weighted by Crippen LogP contribution is -2.27. The Morgan fingerprint density at radius 1 is 0.961 bits per heavy atom. The second kappa shape index (κ2) is 15.9. The number of rotatable bonds is 13. The molecule has 2 aliphatic rings. The Balaban J connectivity index is 1.91. The van der Waals surface area contributed by atoms with Gasteiger partial charge in [-0.2, -0.15) is 0 Å². The van der Waals surface area contributed by atoms with Crippen molar-refractivity contribution in [3.63, 3.8) is 0 Å². The average Bonchev–Trinajstić information content (AvgIpc) is 3.78. The molecular weight excluding hydrogens is 642 g/mol. The highest BCUT2D eigenvalue weighted by Crippen LogP contribution is 2.43. The van der Waals surface area contributed by atoms with E-state index in [1.165, 1.54) is 7.11 Å². The van der Waals surface area contributed by atoms with Crippen molar-refractivity contribution in [2.24, 2.45) is 0 Å². The first-order valence-electron chi connectivity index (χ1n) is 18.1. The maximum atomic E-state index is 14.4. The highest BCUT2D eigenvalue weighted by Gasteiger charge is 2.37. The van der Waals surface area contributed by atoms with Gasteiger partial charge < -0.3 is 25.1 Å². The normalized spacial score (nSPS) is 15.6. The van der Waals surface area contributed by atoms with Crippen LogP contribution >= 0.6 is 0 Å². The number of ether oxygens (including phenoxy) is 1. The largest absolute Gasteiger partial charge is 0.478 e. The molecule has 4 N–H and O–H groups in total. The van der Waals surface area contributed by atoms with Crippen LogP contribution in [0.25, 0.3) is 39.3 Å². The number of carbonyl (C=O) groups excluding carboxylic acids is 2. The fourth-order valence-electron chi connectivity index (χ4n) is 7.45. The summed E-state index contributed by atoms with van der Waals surface area (Å²) in [4.78, 5) is 57.1. The van der Waals surface area contributed by atoms with Crippen molar-refractivity contribution < 1.29 is 24.2 Å². The van der Waals surface area contributed by atoms with Crippen LogP contribution in [0.1, 0.15) is 140 Å². The molecule has 0 unspecified atom stereocenters. The monoisotopic (exact) mass is 693 g/mol. The van der Waals surface area contributed by atoms with Crippen LogP contribution in [0.5, 0.6) is 0 Å². The molecule has 5 heterocycles. The summed E-state index contributed by atoms with van der Waals surface area (Å²) in [6.45, 7) is 16.6. The zero-order valence-corrected chi connectivity index (χ0v) is 31.0. The highest BCUT2D eigenvalue weighted by atomic mass is 16.5. The Morgan fingerprint density at radius 2 is 1.67 bits per heavy atom. The molecule has 8 bridgehead atoms. The molecule has 2 aliphatic heterocycles. The van der Waals surface area contributed by atoms with E-state index >= 15 is 0 Å². The number of carbonyl (C=O) groups is 3. The van der Waals surface area contributed by atoms with Gasteiger partial charge in [-0.1, -0.05) is 59.1 Å². The van der Waals surface area contributed by atoms with Crippen LogP contribution in [0.3, 0.4) is 0 Å². The number of nitrogens with zero attached hydrogens (tertiary/aromatic N) is 2. The molecule has 0 saturated carbocycles. The summed E-state index contributed by atoms with van der Waals surface area (Å²) in [5.74, 6) is -2.58. The Morgan fingerprint density at radius 3 is 2.33 bits per heavy atom. The standard InChI is InChI=1S/C41H51N5O5/c1-9-12-13-14-15-18-42-40(48)37-38-28(16-17-35(47)51-8)24(6)31(45-38)19-29-22(4)26(10-2)33(43-29)20-30-23(5)27(11-3)34(44-30)21-32-25(7)36(41(49)50)39(37)46-32/h10,19-21,24,28,43-44H,2,9,11-18H2,1,3-8H3,(H,42,48)(H,49,50)/t24-,28-/m0/s1. The number of allylic oxidation sites excluding steroid dienone is 1. The molecule has 0 aromatic carbocycles. The number of H-pyrrole nitrogens is 2. The number of nitrogens with one attached hydrogen (secondary N) is 3. The Hall–Kier alpha value is -4.99. The van der Waals surface area contributed by atoms with Crippen molar-refractivity contribution in [1.82, 2.24) is 25.3 Å². The third-order valence-corrected chi connectivity index (χ3v) is 10.5. The van der Waals surface area contributed by atoms with Crippen LogP contribution in [0.4, 0.5) is 0 Å². The van der Waals surface area contributed by atoms with Gasteiger partial charge >= 0.3 is 11.9 Å². The van der Waals surface area contributed by atoms with Crippen molar-refractivity contribution in [3.05, 3.63) is 75.4 Å². The lowest BCUT2D eigenvalue weighted by molar-refractivity contribution is -0.140. The topological polar surface area (TPSA) is 150 Å². The molecule has 0 radical (unpaired) electrons. The van der Waals surface area contributed by atoms with Crippen molar-refractivity contribution in [2.45, 2.75) is 105 Å². The zero-order chi connectivity index (χ0) is 37.0. The number of hydrogen-bond donors (Lipinski definition) is 4. The predicted molar refractivity (Wildman–Crippen MR) is 204 cm³/mol. The summed E-state index contributed by atoms with van der Waals surface area (Å²) in [6.07, 6.45) is 8.13. The summed E-state index contributed by atoms with van der Waals surface area (Å²) in [5.41, 5.74) is 9.83. The highest BCUT2D eigenvalue weighted by molar-refractivity contribution is 6.26. The first-order valence-corrected chi connectivity index (χ1v) is 18.1. The fraction of sp³-hybridized carbons (Fsp3) is 0.439. The number of aryl methyl sites for hydroxylation is 3. The first-order chi connectivity index (χ1) is 24.4. The minimum Gasteiger partial charge on any atom is -0.478 e. The molecule has 3 aromatic rings. The van der Waals surface area contributed by atoms with Crippen LogP contribution in [0.2, 0.25) is 0 Å². The summed E-state index contributed by atoms with van der Waals surface area (Å²) >= 11 is 0. The third-order valence-electron chi connectivity index (χ3n) is 10.5. The van der Waals surface area contributed by atoms with Gasteiger partial charge in [0.1, 0.15) is 0 Å². The number of aromatic amines is 2. The molecule has 0 saturated heterocycles. The number of methoxy groups -OCH3 is 1. The van der Waals surface area contributed by atoms with E-state index in [1.807, 2.05) is 32.1 Å². The minimum absolute atomic E-state index is 0.0358. The van der Waals surface area contributed by atoms with Crippen molar-refractivity contribution in [3.8, 4) is 0 Å². The predicted octanol–water partition coefficient (Wildman–Crippen LogP) is 8.69. The molecule has 0 fully saturated rings. The van der Waals surface area contributed by atoms with Gasteiger partial charge in [-0.15, -0.1) is 0 Å². The molecule has 10 nitrogen and oxygen atoms in total. The van der Waals surface area contributed by atoms with Gasteiger partial charge in [0.05, 0.1) is 35.3 Å². The number of fused-ring (bicyclic) bond motifs is 8. The smallest absolute Gasteiger partial charge is 0.338 e. The van der Waals surface area contributed by atoms with E-state index in [4.69, 9.17) is 14.7 Å². The summed E-state index contributed by atoms with van der Waals surface area (Å²) in [5, 5.41) is 13.7. The molecule has 270 valence electrons. The van der Waals surface area contributed by atoms with Crippen LogP contribution in [0.15, 0.2) is 24.8 Å². The second-order valence-corrected chi connectivity index (χ2v) is 13.7. The molecule has 0 spiro atoms. The van der Waals surface area contributed by atoms with Gasteiger partial charge in [-0.25, -0.2) is 9.78 Å². The molecule has 3 aromatic heterocycles. The van der Waals surface area contributed by atoms with E-state index in [-0.39, 0.29) is 41.1 Å². The number of amides is 1. The van der Waals surface area contributed by atoms with Crippen molar-refractivity contribution in [1.29, 1.82) is 0 Å². The first kappa shape index (κ1) is 37.3. The Labute approximate surface area is 299 Å². The number of carboxylic acid groups (broad SMARTS) is 1. The maximum Gasteiger partial charge on any atom is 0.338 e. The van der Waals surface area contributed by atoms with Gasteiger partial charge in [0.15, 0.2) is 0 Å². The minimum atomic E-state index is -1.18. The summed E-state index contributed by atoms with van der Waals surface area (Å²) in [6, 6.07) is 5.94. The van der Waals surface area contributed by atoms with E-state index in [9.17, 15) is 19.5 Å². The van der Waals surface area contributed by atoms with E-state index < -0.39 is 11.9 Å². The SMILES string of the molecule is C=Cc1c(C)c2cc3nc(c(C(=O)NCCCCCCC)c4nc(cc5[nH]c(cc1[nH]2)c(C)c5CC)C(C)=C4C(=O)O)[C@@H](CCC(=O)OC)[C@@H]3C. The van der Waals surface area contributed by atoms with E-state index in [0.717, 1.165) is 82.8 Å². The number of carboxylic acids is 1. The average molecular weight is 694 g/mol. The van der Waals surface area contributed by atoms with E-state index in [0.29, 0.717) is 35.6 Å². The second-order valence-electron chi connectivity index (χ2n) is 13.7. The maximum absolute atomic E-state index is 14.4. The number of esters is 1. The molecule has 5 rings (SSSR count). The van der Waals surface area contributed by atoms with Gasteiger partial charge in [-0.05, 0) is 80.5 Å². The van der Waals surface area contributed by atoms with Gasteiger partial charge in [0.2, 0.25) is 0 Å². The lowest BCUT2D eigenvalue weighted by atomic mass is 9.85. The third kappa shape index (κ3) is 7.41. The summed E-state index contributed by atoms with van der Waals surface area (Å²) in [7, 11) is 1.35. The fourth-order valence-corrected chi connectivity index (χ4v) is 7.45. The van der Waals surface area contributed by atoms with Gasteiger partial charge in [-0.3, -0.25) is 14.6 Å². The lowest BCUT2D eigenvalue weighted by Gasteiger charge is -2.18. The molecule has 51 heavy (non-hydrogen) atoms. The zero-order valence-electron chi connectivity index (χ0n) is 31.0. The molecule has 0 aliphatic carbocycles. The molecular formula is C41H51N5O5. The molecule has 10 heteroatoms. The van der Waals surface area contributed by atoms with Crippen LogP contribution in [-0.4, -0.2) is 56.5 Å². The number of unbranched alkanes of at least 4 members (excludes halogenated alkanes) is 4. The van der Waals surface area contributed by atoms with Crippen molar-refractivity contribution in [2.75, 3.05) is 13.7 Å². The van der Waals surface area contributed by atoms with E-state index in [2.05, 4.69) is 48.7 Å². The Bertz CT molecular complexity index is 2070. The van der Waals surface area contributed by atoms with Crippen LogP contribution < -0.4 is 5.32 Å².